The molecular formula is C22H27F3N4O2. The summed E-state index contributed by atoms with van der Waals surface area (Å²) in [6, 6.07) is 5.46. The second kappa shape index (κ2) is 8.27. The number of carbonyl (C=O) groups excluding carboxylic acids is 1. The van der Waals surface area contributed by atoms with E-state index in [1.54, 1.807) is 12.1 Å². The van der Waals surface area contributed by atoms with Crippen LogP contribution in [-0.2, 0) is 11.0 Å². The van der Waals surface area contributed by atoms with E-state index in [4.69, 9.17) is 0 Å². The predicted octanol–water partition coefficient (Wildman–Crippen LogP) is 2.65. The van der Waals surface area contributed by atoms with Crippen molar-refractivity contribution >= 4 is 22.5 Å². The lowest BCUT2D eigenvalue weighted by Crippen LogP contribution is -2.60. The maximum Gasteiger partial charge on any atom is 0.418 e. The van der Waals surface area contributed by atoms with Crippen LogP contribution in [0.25, 0.3) is 10.9 Å². The molecule has 0 spiro atoms. The molecule has 4 rings (SSSR count). The minimum Gasteiger partial charge on any atom is -0.390 e. The van der Waals surface area contributed by atoms with Gasteiger partial charge >= 0.3 is 6.18 Å². The summed E-state index contributed by atoms with van der Waals surface area (Å²) in [6.45, 7) is 6.08. The van der Waals surface area contributed by atoms with E-state index < -0.39 is 11.7 Å². The third-order valence-electron chi connectivity index (χ3n) is 6.22. The van der Waals surface area contributed by atoms with Crippen molar-refractivity contribution in [2.45, 2.75) is 44.6 Å². The molecule has 0 bridgehead atoms. The summed E-state index contributed by atoms with van der Waals surface area (Å²) in [7, 11) is 0. The van der Waals surface area contributed by atoms with Crippen molar-refractivity contribution in [2.24, 2.45) is 5.92 Å². The Bertz CT molecular complexity index is 961. The van der Waals surface area contributed by atoms with E-state index in [1.165, 1.54) is 12.3 Å². The summed E-state index contributed by atoms with van der Waals surface area (Å²) in [6.07, 6.45) is -2.68. The Labute approximate surface area is 179 Å². The van der Waals surface area contributed by atoms with E-state index >= 15 is 0 Å². The number of amides is 1. The van der Waals surface area contributed by atoms with E-state index in [0.717, 1.165) is 12.5 Å². The van der Waals surface area contributed by atoms with Crippen molar-refractivity contribution in [3.8, 4) is 0 Å². The van der Waals surface area contributed by atoms with Gasteiger partial charge in [0.05, 0.1) is 23.2 Å². The molecule has 1 aromatic heterocycles. The number of pyridine rings is 1. The van der Waals surface area contributed by atoms with Crippen LogP contribution in [0.5, 0.6) is 0 Å². The number of fused-ring (bicyclic) bond motifs is 1. The molecule has 31 heavy (non-hydrogen) atoms. The van der Waals surface area contributed by atoms with Crippen LogP contribution in [0.15, 0.2) is 30.5 Å². The molecule has 1 aromatic carbocycles. The molecule has 3 heterocycles. The van der Waals surface area contributed by atoms with Crippen molar-refractivity contribution in [1.82, 2.24) is 15.2 Å². The fourth-order valence-corrected chi connectivity index (χ4v) is 4.61. The number of aromatic nitrogens is 1. The standard InChI is InChI=1S/C22H27F3N4O2/c1-13-8-15(27-21(31)14(2)28-11-16(30)12-28)10-29(9-13)19-6-5-18(22(23,24)25)20-17(19)4-3-7-26-20/h3-7,13-16,30H,8-12H2,1-2H3,(H,27,31)/t13-,14?,15+/m0/s1. The molecule has 3 atom stereocenters. The third-order valence-corrected chi connectivity index (χ3v) is 6.22. The Morgan fingerprint density at radius 1 is 1.23 bits per heavy atom. The van der Waals surface area contributed by atoms with Gasteiger partial charge in [-0.25, -0.2) is 0 Å². The number of hydrogen-bond donors (Lipinski definition) is 2. The number of nitrogens with zero attached hydrogens (tertiary/aromatic N) is 3. The summed E-state index contributed by atoms with van der Waals surface area (Å²) >= 11 is 0. The lowest BCUT2D eigenvalue weighted by atomic mass is 9.94. The van der Waals surface area contributed by atoms with Crippen LogP contribution in [0.1, 0.15) is 25.8 Å². The second-order valence-corrected chi connectivity index (χ2v) is 8.76. The average molecular weight is 436 g/mol. The summed E-state index contributed by atoms with van der Waals surface area (Å²) in [5, 5.41) is 13.0. The number of alkyl halides is 3. The van der Waals surface area contributed by atoms with Crippen LogP contribution in [-0.4, -0.2) is 65.3 Å². The van der Waals surface area contributed by atoms with Gasteiger partial charge in [-0.05, 0) is 43.5 Å². The molecule has 0 radical (unpaired) electrons. The Hall–Kier alpha value is -2.39. The normalized spacial score (nSPS) is 24.1. The average Bonchev–Trinajstić information content (AvgIpc) is 2.68. The molecule has 1 amide bonds. The minimum absolute atomic E-state index is 0.0590. The van der Waals surface area contributed by atoms with Gasteiger partial charge in [-0.3, -0.25) is 14.7 Å². The number of carbonyl (C=O) groups is 1. The SMILES string of the molecule is CC(C(=O)N[C@@H]1C[C@H](C)CN(c2ccc(C(F)(F)F)c3ncccc23)C1)N1CC(O)C1. The number of aliphatic hydroxyl groups excluding tert-OH is 1. The zero-order valence-electron chi connectivity index (χ0n) is 17.6. The predicted molar refractivity (Wildman–Crippen MR) is 112 cm³/mol. The second-order valence-electron chi connectivity index (χ2n) is 8.76. The number of hydrogen-bond acceptors (Lipinski definition) is 5. The highest BCUT2D eigenvalue weighted by atomic mass is 19.4. The van der Waals surface area contributed by atoms with E-state index in [1.807, 2.05) is 16.7 Å². The maximum absolute atomic E-state index is 13.4. The number of nitrogens with one attached hydrogen (secondary N) is 1. The molecule has 6 nitrogen and oxygen atoms in total. The van der Waals surface area contributed by atoms with Gasteiger partial charge in [-0.1, -0.05) is 6.92 Å². The van der Waals surface area contributed by atoms with E-state index in [0.29, 0.717) is 37.3 Å². The number of β-amino-alcohol motifs (C(OH)–C–C–N with tert-alkyl or cyclic N) is 1. The molecule has 168 valence electrons. The first-order chi connectivity index (χ1) is 14.6. The molecule has 2 aliphatic rings. The van der Waals surface area contributed by atoms with Crippen molar-refractivity contribution in [2.75, 3.05) is 31.1 Å². The number of benzene rings is 1. The van der Waals surface area contributed by atoms with Gasteiger partial charge in [0.25, 0.3) is 0 Å². The molecule has 9 heteroatoms. The monoisotopic (exact) mass is 436 g/mol. The van der Waals surface area contributed by atoms with Gasteiger partial charge < -0.3 is 15.3 Å². The van der Waals surface area contributed by atoms with Gasteiger partial charge in [0, 0.05) is 49.5 Å². The van der Waals surface area contributed by atoms with Crippen LogP contribution in [0.4, 0.5) is 18.9 Å². The van der Waals surface area contributed by atoms with Crippen molar-refractivity contribution < 1.29 is 23.1 Å². The number of likely N-dealkylation sites (tertiary alicyclic amines) is 1. The molecule has 2 aromatic rings. The molecule has 0 saturated carbocycles. The molecule has 2 saturated heterocycles. The molecule has 1 unspecified atom stereocenters. The first-order valence-corrected chi connectivity index (χ1v) is 10.6. The lowest BCUT2D eigenvalue weighted by Gasteiger charge is -2.42. The first kappa shape index (κ1) is 21.8. The fraction of sp³-hybridized carbons (Fsp3) is 0.545. The third kappa shape index (κ3) is 4.48. The van der Waals surface area contributed by atoms with Crippen LogP contribution in [0, 0.1) is 5.92 Å². The van der Waals surface area contributed by atoms with E-state index in [9.17, 15) is 23.1 Å². The van der Waals surface area contributed by atoms with Crippen LogP contribution in [0.2, 0.25) is 0 Å². The molecule has 2 fully saturated rings. The zero-order chi connectivity index (χ0) is 22.3. The van der Waals surface area contributed by atoms with Gasteiger partial charge in [-0.15, -0.1) is 0 Å². The van der Waals surface area contributed by atoms with Crippen LogP contribution in [0.3, 0.4) is 0 Å². The Morgan fingerprint density at radius 3 is 2.65 bits per heavy atom. The largest absolute Gasteiger partial charge is 0.418 e. The summed E-state index contributed by atoms with van der Waals surface area (Å²) in [4.78, 5) is 20.7. The highest BCUT2D eigenvalue weighted by Crippen LogP contribution is 2.38. The van der Waals surface area contributed by atoms with E-state index in [-0.39, 0.29) is 35.5 Å². The molecule has 2 aliphatic heterocycles. The summed E-state index contributed by atoms with van der Waals surface area (Å²) in [5.74, 6) is 0.166. The Morgan fingerprint density at radius 2 is 1.97 bits per heavy atom. The maximum atomic E-state index is 13.4. The molecule has 0 aliphatic carbocycles. The Kier molecular flexibility index (Phi) is 5.83. The first-order valence-electron chi connectivity index (χ1n) is 10.6. The number of piperidine rings is 1. The van der Waals surface area contributed by atoms with Gasteiger partial charge in [0.2, 0.25) is 5.91 Å². The molecule has 2 N–H and O–H groups in total. The van der Waals surface area contributed by atoms with Crippen molar-refractivity contribution in [1.29, 1.82) is 0 Å². The fourth-order valence-electron chi connectivity index (χ4n) is 4.61. The zero-order valence-corrected chi connectivity index (χ0v) is 17.6. The smallest absolute Gasteiger partial charge is 0.390 e. The van der Waals surface area contributed by atoms with Crippen molar-refractivity contribution in [3.05, 3.63) is 36.0 Å². The van der Waals surface area contributed by atoms with Crippen molar-refractivity contribution in [3.63, 3.8) is 0 Å². The number of anilines is 1. The Balaban J connectivity index is 1.55. The minimum atomic E-state index is -4.47. The quantitative estimate of drug-likeness (QED) is 0.772. The summed E-state index contributed by atoms with van der Waals surface area (Å²) < 4.78 is 40.3. The highest BCUT2D eigenvalue weighted by molar-refractivity contribution is 5.94. The number of aliphatic hydroxyl groups is 1. The lowest BCUT2D eigenvalue weighted by molar-refractivity contribution is -0.136. The summed E-state index contributed by atoms with van der Waals surface area (Å²) in [5.41, 5.74) is -0.107. The highest BCUT2D eigenvalue weighted by Gasteiger charge is 2.36. The van der Waals surface area contributed by atoms with Crippen LogP contribution >= 0.6 is 0 Å². The van der Waals surface area contributed by atoms with Gasteiger partial charge in [0.1, 0.15) is 0 Å². The van der Waals surface area contributed by atoms with Gasteiger partial charge in [-0.2, -0.15) is 13.2 Å². The van der Waals surface area contributed by atoms with Gasteiger partial charge in [0.15, 0.2) is 0 Å². The number of rotatable bonds is 4. The topological polar surface area (TPSA) is 68.7 Å². The van der Waals surface area contributed by atoms with Crippen LogP contribution < -0.4 is 10.2 Å². The number of halogens is 3. The van der Waals surface area contributed by atoms with E-state index in [2.05, 4.69) is 17.2 Å². The molecular weight excluding hydrogens is 409 g/mol.